The number of piperidine rings is 1. The average Bonchev–Trinajstić information content (AvgIpc) is 3.13. The van der Waals surface area contributed by atoms with Gasteiger partial charge < -0.3 is 15.5 Å². The summed E-state index contributed by atoms with van der Waals surface area (Å²) in [5.74, 6) is 0.866. The van der Waals surface area contributed by atoms with Crippen LogP contribution in [0.5, 0.6) is 0 Å². The molecule has 0 radical (unpaired) electrons. The zero-order chi connectivity index (χ0) is 23.2. The molecule has 0 aliphatic carbocycles. The molecule has 4 aromatic rings. The maximum Gasteiger partial charge on any atom is 0.129 e. The maximum atomic E-state index is 13.7. The quantitative estimate of drug-likeness (QED) is 0.382. The van der Waals surface area contributed by atoms with Gasteiger partial charge in [-0.15, -0.1) is 11.3 Å². The van der Waals surface area contributed by atoms with Gasteiger partial charge in [-0.2, -0.15) is 0 Å². The standard InChI is InChI=1S/C27H28FN5S/c1-3-19-12-17(13-25(31-19)33-10-8-18(28)9-11-33)21-5-4-20-22(32-21)6-7-23-26(20)27-24(34-23)15-29-16(2)14-30-27/h3-7,12-13,16,18,29-30H,1,8-11,14-15H2,2H3/t16-/m1/s1. The highest BCUT2D eigenvalue weighted by molar-refractivity contribution is 7.20. The van der Waals surface area contributed by atoms with Crippen LogP contribution in [-0.2, 0) is 6.54 Å². The molecular formula is C27H28FN5S. The normalized spacial score (nSPS) is 19.1. The van der Waals surface area contributed by atoms with E-state index in [9.17, 15) is 4.39 Å². The van der Waals surface area contributed by atoms with Crippen LogP contribution in [0.4, 0.5) is 15.9 Å². The lowest BCUT2D eigenvalue weighted by molar-refractivity contribution is 0.276. The second-order valence-corrected chi connectivity index (χ2v) is 10.4. The number of rotatable bonds is 3. The largest absolute Gasteiger partial charge is 0.382 e. The topological polar surface area (TPSA) is 53.1 Å². The number of hydrogen-bond donors (Lipinski definition) is 2. The van der Waals surface area contributed by atoms with Crippen molar-refractivity contribution in [3.63, 3.8) is 0 Å². The summed E-state index contributed by atoms with van der Waals surface area (Å²) >= 11 is 1.85. The van der Waals surface area contributed by atoms with E-state index < -0.39 is 6.17 Å². The van der Waals surface area contributed by atoms with Crippen LogP contribution in [0.2, 0.25) is 0 Å². The molecule has 1 aromatic carbocycles. The van der Waals surface area contributed by atoms with E-state index in [0.29, 0.717) is 32.0 Å². The third-order valence-corrected chi connectivity index (χ3v) is 8.03. The Morgan fingerprint density at radius 2 is 2.00 bits per heavy atom. The van der Waals surface area contributed by atoms with Crippen LogP contribution in [0.25, 0.3) is 38.3 Å². The summed E-state index contributed by atoms with van der Waals surface area (Å²) in [5.41, 5.74) is 4.94. The number of thiophene rings is 1. The molecule has 5 nitrogen and oxygen atoms in total. The van der Waals surface area contributed by atoms with Gasteiger partial charge in [0, 0.05) is 58.1 Å². The number of hydrogen-bond acceptors (Lipinski definition) is 6. The van der Waals surface area contributed by atoms with Crippen LogP contribution < -0.4 is 15.5 Å². The minimum absolute atomic E-state index is 0.435. The SMILES string of the molecule is C=Cc1cc(-c2ccc3c(ccc4sc5c(c43)NC[C@@H](C)NC5)n2)cc(N2CCC(F)CC2)n1. The van der Waals surface area contributed by atoms with E-state index in [1.165, 1.54) is 26.0 Å². The lowest BCUT2D eigenvalue weighted by Crippen LogP contribution is -2.35. The number of nitrogens with zero attached hydrogens (tertiary/aromatic N) is 3. The van der Waals surface area contributed by atoms with Gasteiger partial charge in [0.2, 0.25) is 0 Å². The number of fused-ring (bicyclic) bond motifs is 5. The number of halogens is 1. The molecule has 174 valence electrons. The van der Waals surface area contributed by atoms with Gasteiger partial charge in [0.05, 0.1) is 22.6 Å². The third-order valence-electron chi connectivity index (χ3n) is 6.88. The van der Waals surface area contributed by atoms with Crippen molar-refractivity contribution in [2.75, 3.05) is 29.9 Å². The zero-order valence-corrected chi connectivity index (χ0v) is 20.1. The lowest BCUT2D eigenvalue weighted by atomic mass is 10.1. The van der Waals surface area contributed by atoms with Gasteiger partial charge >= 0.3 is 0 Å². The van der Waals surface area contributed by atoms with Gasteiger partial charge in [0.15, 0.2) is 0 Å². The van der Waals surface area contributed by atoms with E-state index in [1.807, 2.05) is 17.4 Å². The summed E-state index contributed by atoms with van der Waals surface area (Å²) in [5, 5.41) is 9.68. The summed E-state index contributed by atoms with van der Waals surface area (Å²) in [6, 6.07) is 13.1. The van der Waals surface area contributed by atoms with Crippen molar-refractivity contribution in [3.05, 3.63) is 53.5 Å². The Kier molecular flexibility index (Phi) is 5.46. The smallest absolute Gasteiger partial charge is 0.129 e. The number of nitrogens with one attached hydrogen (secondary N) is 2. The molecular weight excluding hydrogens is 445 g/mol. The molecule has 2 N–H and O–H groups in total. The fourth-order valence-electron chi connectivity index (χ4n) is 4.95. The predicted molar refractivity (Wildman–Crippen MR) is 142 cm³/mol. The van der Waals surface area contributed by atoms with Crippen molar-refractivity contribution < 1.29 is 4.39 Å². The number of alkyl halides is 1. The Hall–Kier alpha value is -3.03. The van der Waals surface area contributed by atoms with Gasteiger partial charge in [-0.25, -0.2) is 14.4 Å². The highest BCUT2D eigenvalue weighted by Gasteiger charge is 2.21. The van der Waals surface area contributed by atoms with E-state index in [-0.39, 0.29) is 0 Å². The number of aromatic nitrogens is 2. The molecule has 0 amide bonds. The van der Waals surface area contributed by atoms with Crippen molar-refractivity contribution in [2.24, 2.45) is 0 Å². The van der Waals surface area contributed by atoms with Gasteiger partial charge in [-0.1, -0.05) is 6.58 Å². The Bertz CT molecular complexity index is 1390. The van der Waals surface area contributed by atoms with Gasteiger partial charge in [-0.3, -0.25) is 0 Å². The highest BCUT2D eigenvalue weighted by Crippen LogP contribution is 2.41. The van der Waals surface area contributed by atoms with Crippen LogP contribution in [0.3, 0.4) is 0 Å². The van der Waals surface area contributed by atoms with Crippen molar-refractivity contribution in [2.45, 2.75) is 38.5 Å². The summed E-state index contributed by atoms with van der Waals surface area (Å²) in [6.07, 6.45) is 2.15. The van der Waals surface area contributed by atoms with Crippen molar-refractivity contribution in [1.82, 2.24) is 15.3 Å². The van der Waals surface area contributed by atoms with Crippen molar-refractivity contribution in [1.29, 1.82) is 0 Å². The van der Waals surface area contributed by atoms with E-state index in [0.717, 1.165) is 41.4 Å². The average molecular weight is 474 g/mol. The lowest BCUT2D eigenvalue weighted by Gasteiger charge is -2.30. The molecule has 0 bridgehead atoms. The number of anilines is 2. The molecule has 3 aromatic heterocycles. The molecule has 0 saturated carbocycles. The molecule has 1 fully saturated rings. The van der Waals surface area contributed by atoms with Gasteiger partial charge in [0.25, 0.3) is 0 Å². The number of pyridine rings is 2. The first-order chi connectivity index (χ1) is 16.6. The predicted octanol–water partition coefficient (Wildman–Crippen LogP) is 6.00. The van der Waals surface area contributed by atoms with E-state index in [4.69, 9.17) is 9.97 Å². The first-order valence-corrected chi connectivity index (χ1v) is 12.8. The molecule has 2 aliphatic rings. The molecule has 34 heavy (non-hydrogen) atoms. The van der Waals surface area contributed by atoms with Gasteiger partial charge in [0.1, 0.15) is 12.0 Å². The van der Waals surface area contributed by atoms with Crippen LogP contribution in [0.1, 0.15) is 30.3 Å². The fourth-order valence-corrected chi connectivity index (χ4v) is 6.09. The van der Waals surface area contributed by atoms with E-state index in [2.05, 4.69) is 59.4 Å². The molecule has 1 saturated heterocycles. The maximum absolute atomic E-state index is 13.7. The first-order valence-electron chi connectivity index (χ1n) is 12.0. The highest BCUT2D eigenvalue weighted by atomic mass is 32.1. The number of benzene rings is 1. The molecule has 0 unspecified atom stereocenters. The van der Waals surface area contributed by atoms with Gasteiger partial charge in [-0.05, 0) is 62.2 Å². The Balaban J connectivity index is 1.43. The second-order valence-electron chi connectivity index (χ2n) is 9.27. The second kappa shape index (κ2) is 8.64. The third kappa shape index (κ3) is 3.83. The molecule has 0 spiro atoms. The Labute approximate surface area is 202 Å². The minimum Gasteiger partial charge on any atom is -0.382 e. The first kappa shape index (κ1) is 21.5. The van der Waals surface area contributed by atoms with E-state index in [1.54, 1.807) is 6.08 Å². The molecule has 2 aliphatic heterocycles. The Morgan fingerprint density at radius 1 is 1.15 bits per heavy atom. The fraction of sp³-hybridized carbons (Fsp3) is 0.333. The summed E-state index contributed by atoms with van der Waals surface area (Å²) in [4.78, 5) is 13.3. The Morgan fingerprint density at radius 3 is 2.82 bits per heavy atom. The summed E-state index contributed by atoms with van der Waals surface area (Å²) in [6.45, 7) is 9.29. The van der Waals surface area contributed by atoms with Crippen LogP contribution in [0, 0.1) is 0 Å². The molecule has 7 heteroatoms. The van der Waals surface area contributed by atoms with E-state index >= 15 is 0 Å². The van der Waals surface area contributed by atoms with Crippen LogP contribution >= 0.6 is 11.3 Å². The zero-order valence-electron chi connectivity index (χ0n) is 19.3. The monoisotopic (exact) mass is 473 g/mol. The summed E-state index contributed by atoms with van der Waals surface area (Å²) < 4.78 is 14.9. The molecule has 5 heterocycles. The minimum atomic E-state index is -0.710. The summed E-state index contributed by atoms with van der Waals surface area (Å²) in [7, 11) is 0. The van der Waals surface area contributed by atoms with Crippen LogP contribution in [-0.4, -0.2) is 41.8 Å². The molecule has 1 atom stereocenters. The van der Waals surface area contributed by atoms with Crippen LogP contribution in [0.15, 0.2) is 43.0 Å². The molecule has 6 rings (SSSR count). The van der Waals surface area contributed by atoms with Crippen molar-refractivity contribution in [3.8, 4) is 11.3 Å². The van der Waals surface area contributed by atoms with Crippen molar-refractivity contribution >= 4 is 49.9 Å².